The molecule has 0 heterocycles. The van der Waals surface area contributed by atoms with Crippen LogP contribution in [0.2, 0.25) is 0 Å². The Morgan fingerprint density at radius 3 is 2.87 bits per heavy atom. The Bertz CT molecular complexity index is 359. The molecule has 0 fully saturated rings. The maximum atomic E-state index is 11.9. The molecule has 0 radical (unpaired) electrons. The van der Waals surface area contributed by atoms with E-state index in [1.807, 2.05) is 6.07 Å². The zero-order chi connectivity index (χ0) is 11.3. The first-order chi connectivity index (χ1) is 7.15. The van der Waals surface area contributed by atoms with Gasteiger partial charge >= 0.3 is 0 Å². The minimum Gasteiger partial charge on any atom is -0.493 e. The molecule has 0 aliphatic rings. The number of ether oxygens (including phenoxy) is 1. The summed E-state index contributed by atoms with van der Waals surface area (Å²) in [4.78, 5) is 0.270. The molecule has 0 aromatic heterocycles. The number of nitrogens with two attached hydrogens (primary N) is 1. The summed E-state index contributed by atoms with van der Waals surface area (Å²) in [7, 11) is 0. The van der Waals surface area contributed by atoms with Crippen LogP contribution in [-0.4, -0.2) is 18.3 Å². The van der Waals surface area contributed by atoms with E-state index in [0.717, 1.165) is 4.47 Å². The highest BCUT2D eigenvalue weighted by atomic mass is 79.9. The number of halogens is 2. The Balaban J connectivity index is 2.81. The van der Waals surface area contributed by atoms with E-state index >= 15 is 0 Å². The SMILES string of the molecule is NC(=S)c1cc(Br)ccc1OCCCF. The number of thiocarbonyl (C=S) groups is 1. The quantitative estimate of drug-likeness (QED) is 0.669. The standard InChI is InChI=1S/C10H11BrFNOS/c11-7-2-3-9(14-5-1-4-12)8(6-7)10(13)15/h2-3,6H,1,4-5H2,(H2,13,15). The molecule has 0 atom stereocenters. The van der Waals surface area contributed by atoms with Crippen molar-refractivity contribution in [3.63, 3.8) is 0 Å². The minimum atomic E-state index is -0.390. The second kappa shape index (κ2) is 6.02. The zero-order valence-electron chi connectivity index (χ0n) is 8.00. The highest BCUT2D eigenvalue weighted by Gasteiger charge is 2.06. The minimum absolute atomic E-state index is 0.270. The highest BCUT2D eigenvalue weighted by Crippen LogP contribution is 2.23. The second-order valence-electron chi connectivity index (χ2n) is 2.90. The Labute approximate surface area is 102 Å². The molecule has 2 N–H and O–H groups in total. The third kappa shape index (κ3) is 3.76. The van der Waals surface area contributed by atoms with Crippen molar-refractivity contribution in [2.45, 2.75) is 6.42 Å². The van der Waals surface area contributed by atoms with Crippen molar-refractivity contribution in [1.82, 2.24) is 0 Å². The predicted molar refractivity (Wildman–Crippen MR) is 66.1 cm³/mol. The van der Waals surface area contributed by atoms with Crippen molar-refractivity contribution in [1.29, 1.82) is 0 Å². The Morgan fingerprint density at radius 1 is 1.53 bits per heavy atom. The first-order valence-electron chi connectivity index (χ1n) is 4.43. The summed E-state index contributed by atoms with van der Waals surface area (Å²) in [5.41, 5.74) is 6.21. The molecule has 1 aromatic carbocycles. The van der Waals surface area contributed by atoms with Gasteiger partial charge in [0.05, 0.1) is 18.8 Å². The normalized spacial score (nSPS) is 10.0. The van der Waals surface area contributed by atoms with E-state index in [1.54, 1.807) is 12.1 Å². The fourth-order valence-electron chi connectivity index (χ4n) is 1.06. The van der Waals surface area contributed by atoms with E-state index in [-0.39, 0.29) is 11.7 Å². The van der Waals surface area contributed by atoms with Crippen molar-refractivity contribution in [2.24, 2.45) is 5.73 Å². The molecular formula is C10H11BrFNOS. The lowest BCUT2D eigenvalue weighted by Gasteiger charge is -2.10. The van der Waals surface area contributed by atoms with Crippen LogP contribution in [0.25, 0.3) is 0 Å². The Morgan fingerprint density at radius 2 is 2.27 bits per heavy atom. The first-order valence-corrected chi connectivity index (χ1v) is 5.63. The van der Waals surface area contributed by atoms with Gasteiger partial charge in [-0.05, 0) is 18.2 Å². The molecule has 0 aliphatic heterocycles. The van der Waals surface area contributed by atoms with E-state index in [9.17, 15) is 4.39 Å². The van der Waals surface area contributed by atoms with E-state index in [1.165, 1.54) is 0 Å². The molecule has 0 unspecified atom stereocenters. The van der Waals surface area contributed by atoms with Gasteiger partial charge in [-0.1, -0.05) is 28.1 Å². The second-order valence-corrected chi connectivity index (χ2v) is 4.25. The van der Waals surface area contributed by atoms with E-state index in [0.29, 0.717) is 24.3 Å². The molecular weight excluding hydrogens is 281 g/mol. The molecule has 0 saturated heterocycles. The molecule has 1 rings (SSSR count). The van der Waals surface area contributed by atoms with Gasteiger partial charge in [-0.3, -0.25) is 4.39 Å². The van der Waals surface area contributed by atoms with Gasteiger partial charge in [0.1, 0.15) is 10.7 Å². The number of alkyl halides is 1. The molecule has 82 valence electrons. The Kier molecular flexibility index (Phi) is 4.98. The Hall–Kier alpha value is -0.680. The number of rotatable bonds is 5. The third-order valence-electron chi connectivity index (χ3n) is 1.74. The van der Waals surface area contributed by atoms with Gasteiger partial charge in [-0.2, -0.15) is 0 Å². The first kappa shape index (κ1) is 12.4. The summed E-state index contributed by atoms with van der Waals surface area (Å²) >= 11 is 8.21. The van der Waals surface area contributed by atoms with Crippen molar-refractivity contribution >= 4 is 33.1 Å². The molecule has 15 heavy (non-hydrogen) atoms. The fraction of sp³-hybridized carbons (Fsp3) is 0.300. The van der Waals surface area contributed by atoms with Crippen LogP contribution in [0.3, 0.4) is 0 Å². The lowest BCUT2D eigenvalue weighted by Crippen LogP contribution is -2.12. The van der Waals surface area contributed by atoms with Crippen molar-refractivity contribution in [3.05, 3.63) is 28.2 Å². The molecule has 2 nitrogen and oxygen atoms in total. The van der Waals surface area contributed by atoms with Gasteiger partial charge in [-0.25, -0.2) is 0 Å². The van der Waals surface area contributed by atoms with Crippen molar-refractivity contribution in [2.75, 3.05) is 13.3 Å². The summed E-state index contributed by atoms with van der Waals surface area (Å²) in [5.74, 6) is 0.596. The maximum Gasteiger partial charge on any atom is 0.129 e. The van der Waals surface area contributed by atoms with Gasteiger partial charge in [0.25, 0.3) is 0 Å². The fourth-order valence-corrected chi connectivity index (χ4v) is 1.58. The smallest absolute Gasteiger partial charge is 0.129 e. The summed E-state index contributed by atoms with van der Waals surface area (Å²) in [6.07, 6.45) is 0.368. The van der Waals surface area contributed by atoms with Crippen LogP contribution in [0.5, 0.6) is 5.75 Å². The predicted octanol–water partition coefficient (Wildman–Crippen LogP) is 2.82. The van der Waals surface area contributed by atoms with E-state index in [2.05, 4.69) is 15.9 Å². The van der Waals surface area contributed by atoms with Crippen LogP contribution in [0.1, 0.15) is 12.0 Å². The summed E-state index contributed by atoms with van der Waals surface area (Å²) in [6, 6.07) is 5.37. The van der Waals surface area contributed by atoms with Gasteiger partial charge in [0.15, 0.2) is 0 Å². The van der Waals surface area contributed by atoms with E-state index in [4.69, 9.17) is 22.7 Å². The van der Waals surface area contributed by atoms with Crippen molar-refractivity contribution in [3.8, 4) is 5.75 Å². The average molecular weight is 292 g/mol. The number of benzene rings is 1. The molecule has 1 aromatic rings. The van der Waals surface area contributed by atoms with Gasteiger partial charge in [0.2, 0.25) is 0 Å². The van der Waals surface area contributed by atoms with Gasteiger partial charge in [-0.15, -0.1) is 0 Å². The lowest BCUT2D eigenvalue weighted by molar-refractivity contribution is 0.289. The van der Waals surface area contributed by atoms with Crippen LogP contribution in [0, 0.1) is 0 Å². The van der Waals surface area contributed by atoms with Crippen LogP contribution in [-0.2, 0) is 0 Å². The molecule has 0 saturated carbocycles. The van der Waals surface area contributed by atoms with Crippen LogP contribution in [0.15, 0.2) is 22.7 Å². The number of hydrogen-bond acceptors (Lipinski definition) is 2. The van der Waals surface area contributed by atoms with Crippen molar-refractivity contribution < 1.29 is 9.13 Å². The molecule has 0 spiro atoms. The monoisotopic (exact) mass is 291 g/mol. The number of hydrogen-bond donors (Lipinski definition) is 1. The summed E-state index contributed by atoms with van der Waals surface area (Å²) in [5, 5.41) is 0. The van der Waals surface area contributed by atoms with Gasteiger partial charge in [0, 0.05) is 10.9 Å². The van der Waals surface area contributed by atoms with Crippen LogP contribution >= 0.6 is 28.1 Å². The lowest BCUT2D eigenvalue weighted by atomic mass is 10.2. The molecule has 5 heteroatoms. The average Bonchev–Trinajstić information content (AvgIpc) is 2.20. The maximum absolute atomic E-state index is 11.9. The summed E-state index contributed by atoms with van der Waals surface area (Å²) in [6.45, 7) is -0.0628. The topological polar surface area (TPSA) is 35.2 Å². The molecule has 0 aliphatic carbocycles. The molecule has 0 amide bonds. The van der Waals surface area contributed by atoms with E-state index < -0.39 is 0 Å². The van der Waals surface area contributed by atoms with Crippen LogP contribution < -0.4 is 10.5 Å². The molecule has 0 bridgehead atoms. The largest absolute Gasteiger partial charge is 0.493 e. The third-order valence-corrected chi connectivity index (χ3v) is 2.46. The summed E-state index contributed by atoms with van der Waals surface area (Å²) < 4.78 is 18.1. The zero-order valence-corrected chi connectivity index (χ0v) is 10.4. The van der Waals surface area contributed by atoms with Crippen LogP contribution in [0.4, 0.5) is 4.39 Å². The van der Waals surface area contributed by atoms with Gasteiger partial charge < -0.3 is 10.5 Å². The highest BCUT2D eigenvalue weighted by molar-refractivity contribution is 9.10.